The Morgan fingerprint density at radius 3 is 2.67 bits per heavy atom. The lowest BCUT2D eigenvalue weighted by Gasteiger charge is -2.39. The Kier molecular flexibility index (Phi) is 4.70. The van der Waals surface area contributed by atoms with E-state index in [1.54, 1.807) is 6.07 Å². The number of aryl methyl sites for hydroxylation is 2. The third kappa shape index (κ3) is 3.35. The highest BCUT2D eigenvalue weighted by atomic mass is 32.1. The molecule has 0 radical (unpaired) electrons. The van der Waals surface area contributed by atoms with Crippen LogP contribution in [0.15, 0.2) is 60.8 Å². The normalized spacial score (nSPS) is 16.1. The second kappa shape index (κ2) is 7.16. The maximum Gasteiger partial charge on any atom is 0.174 e. The Labute approximate surface area is 164 Å². The third-order valence-corrected chi connectivity index (χ3v) is 5.46. The highest BCUT2D eigenvalue weighted by Crippen LogP contribution is 2.34. The Bertz CT molecular complexity index is 995. The third-order valence-electron chi connectivity index (χ3n) is 5.12. The lowest BCUT2D eigenvalue weighted by molar-refractivity contribution is 0.288. The van der Waals surface area contributed by atoms with E-state index in [2.05, 4.69) is 40.8 Å². The fraction of sp³-hybridized carbons (Fsp3) is 0.227. The van der Waals surface area contributed by atoms with Gasteiger partial charge in [0.1, 0.15) is 5.82 Å². The zero-order chi connectivity index (χ0) is 19.0. The summed E-state index contributed by atoms with van der Waals surface area (Å²) in [7, 11) is 0. The topological polar surface area (TPSA) is 20.2 Å². The van der Waals surface area contributed by atoms with Gasteiger partial charge < -0.3 is 14.8 Å². The van der Waals surface area contributed by atoms with Crippen molar-refractivity contribution in [2.24, 2.45) is 0 Å². The van der Waals surface area contributed by atoms with Crippen LogP contribution in [0.3, 0.4) is 0 Å². The average molecular weight is 380 g/mol. The number of benzene rings is 2. The molecule has 0 fully saturated rings. The van der Waals surface area contributed by atoms with Crippen molar-refractivity contribution in [1.29, 1.82) is 0 Å². The fourth-order valence-electron chi connectivity index (χ4n) is 3.77. The van der Waals surface area contributed by atoms with Crippen LogP contribution in [0.1, 0.15) is 28.4 Å². The van der Waals surface area contributed by atoms with E-state index in [0.717, 1.165) is 30.0 Å². The van der Waals surface area contributed by atoms with Crippen LogP contribution in [0.4, 0.5) is 10.1 Å². The van der Waals surface area contributed by atoms with Gasteiger partial charge in [-0.1, -0.05) is 35.9 Å². The van der Waals surface area contributed by atoms with Gasteiger partial charge in [0.2, 0.25) is 0 Å². The van der Waals surface area contributed by atoms with Gasteiger partial charge in [-0.05, 0) is 55.9 Å². The summed E-state index contributed by atoms with van der Waals surface area (Å²) in [5, 5.41) is 3.99. The van der Waals surface area contributed by atoms with Gasteiger partial charge in [0, 0.05) is 36.2 Å². The largest absolute Gasteiger partial charge is 0.348 e. The number of nitrogens with zero attached hydrogens (tertiary/aromatic N) is 2. The van der Waals surface area contributed by atoms with Crippen molar-refractivity contribution in [1.82, 2.24) is 9.47 Å². The number of anilines is 1. The van der Waals surface area contributed by atoms with Gasteiger partial charge in [0.05, 0.1) is 6.04 Å². The maximum absolute atomic E-state index is 14.6. The van der Waals surface area contributed by atoms with E-state index in [0.29, 0.717) is 10.7 Å². The molecule has 0 saturated heterocycles. The number of fused-ring (bicyclic) bond motifs is 1. The minimum Gasteiger partial charge on any atom is -0.348 e. The number of aromatic nitrogens is 1. The smallest absolute Gasteiger partial charge is 0.174 e. The number of rotatable bonds is 2. The van der Waals surface area contributed by atoms with Crippen molar-refractivity contribution in [2.75, 3.05) is 11.9 Å². The lowest BCUT2D eigenvalue weighted by atomic mass is 9.99. The number of nitrogens with one attached hydrogen (secondary N) is 1. The number of hydrogen-bond acceptors (Lipinski definition) is 1. The lowest BCUT2D eigenvalue weighted by Crippen LogP contribution is -2.44. The molecule has 1 atom stereocenters. The number of hydrogen-bond donors (Lipinski definition) is 1. The minimum absolute atomic E-state index is 0.212. The van der Waals surface area contributed by atoms with Gasteiger partial charge in [0.25, 0.3) is 0 Å². The standard InChI is InChI=1S/C22H22FN3S/c1-15-9-10-19(16(2)14-15)24-22(27)26-13-12-25-11-5-8-20(25)21(26)17-6-3-4-7-18(17)23/h3-11,14,21H,12-13H2,1-2H3,(H,24,27)/t21-/m0/s1. The van der Waals surface area contributed by atoms with Gasteiger partial charge in [-0.15, -0.1) is 0 Å². The molecule has 1 aromatic heterocycles. The minimum atomic E-state index is -0.249. The Hall–Kier alpha value is -2.66. The summed E-state index contributed by atoms with van der Waals surface area (Å²) < 4.78 is 16.8. The monoisotopic (exact) mass is 379 g/mol. The predicted octanol–water partition coefficient (Wildman–Crippen LogP) is 5.05. The summed E-state index contributed by atoms with van der Waals surface area (Å²) in [6.07, 6.45) is 2.04. The molecule has 0 saturated carbocycles. The molecule has 0 unspecified atom stereocenters. The van der Waals surface area contributed by atoms with Crippen LogP contribution in [0, 0.1) is 19.7 Å². The first kappa shape index (κ1) is 17.7. The molecule has 3 nitrogen and oxygen atoms in total. The highest BCUT2D eigenvalue weighted by Gasteiger charge is 2.32. The fourth-order valence-corrected chi connectivity index (χ4v) is 4.07. The van der Waals surface area contributed by atoms with Gasteiger partial charge >= 0.3 is 0 Å². The van der Waals surface area contributed by atoms with Crippen molar-refractivity contribution in [3.05, 3.63) is 89.0 Å². The summed E-state index contributed by atoms with van der Waals surface area (Å²) in [4.78, 5) is 2.09. The Morgan fingerprint density at radius 2 is 1.89 bits per heavy atom. The molecular formula is C22H22FN3S. The summed E-state index contributed by atoms with van der Waals surface area (Å²) >= 11 is 5.75. The maximum atomic E-state index is 14.6. The van der Waals surface area contributed by atoms with Crippen molar-refractivity contribution < 1.29 is 4.39 Å². The number of halogens is 1. The van der Waals surface area contributed by atoms with E-state index >= 15 is 0 Å². The van der Waals surface area contributed by atoms with Gasteiger partial charge in [0.15, 0.2) is 5.11 Å². The highest BCUT2D eigenvalue weighted by molar-refractivity contribution is 7.80. The van der Waals surface area contributed by atoms with Crippen LogP contribution < -0.4 is 5.32 Å². The SMILES string of the molecule is Cc1ccc(NC(=S)N2CCn3cccc3[C@@H]2c2ccccc2F)c(C)c1. The molecule has 2 aromatic carbocycles. The summed E-state index contributed by atoms with van der Waals surface area (Å²) in [6, 6.07) is 17.0. The van der Waals surface area contributed by atoms with E-state index < -0.39 is 0 Å². The first-order valence-electron chi connectivity index (χ1n) is 9.09. The zero-order valence-corrected chi connectivity index (χ0v) is 16.3. The van der Waals surface area contributed by atoms with Crippen LogP contribution in [0.25, 0.3) is 0 Å². The van der Waals surface area contributed by atoms with Crippen LogP contribution in [0.5, 0.6) is 0 Å². The summed E-state index contributed by atoms with van der Waals surface area (Å²) in [5.41, 5.74) is 5.03. The molecule has 2 heterocycles. The second-order valence-corrected chi connectivity index (χ2v) is 7.38. The number of thiocarbonyl (C=S) groups is 1. The van der Waals surface area contributed by atoms with Crippen LogP contribution in [-0.2, 0) is 6.54 Å². The van der Waals surface area contributed by atoms with Crippen molar-refractivity contribution in [3.8, 4) is 0 Å². The van der Waals surface area contributed by atoms with E-state index in [9.17, 15) is 4.39 Å². The van der Waals surface area contributed by atoms with E-state index in [1.807, 2.05) is 36.5 Å². The van der Waals surface area contributed by atoms with Crippen molar-refractivity contribution >= 4 is 23.0 Å². The molecule has 0 bridgehead atoms. The van der Waals surface area contributed by atoms with Crippen molar-refractivity contribution in [3.63, 3.8) is 0 Å². The molecule has 4 rings (SSSR count). The van der Waals surface area contributed by atoms with Crippen LogP contribution in [-0.4, -0.2) is 21.1 Å². The van der Waals surface area contributed by atoms with Gasteiger partial charge in [-0.25, -0.2) is 4.39 Å². The van der Waals surface area contributed by atoms with Crippen molar-refractivity contribution in [2.45, 2.75) is 26.4 Å². The molecule has 0 amide bonds. The molecule has 0 spiro atoms. The van der Waals surface area contributed by atoms with Crippen LogP contribution >= 0.6 is 12.2 Å². The summed E-state index contributed by atoms with van der Waals surface area (Å²) in [6.45, 7) is 5.68. The molecule has 3 aromatic rings. The quantitative estimate of drug-likeness (QED) is 0.630. The van der Waals surface area contributed by atoms with E-state index in [1.165, 1.54) is 11.6 Å². The molecule has 1 aliphatic rings. The summed E-state index contributed by atoms with van der Waals surface area (Å²) in [5.74, 6) is -0.212. The Balaban J connectivity index is 1.70. The van der Waals surface area contributed by atoms with Crippen LogP contribution in [0.2, 0.25) is 0 Å². The Morgan fingerprint density at radius 1 is 1.07 bits per heavy atom. The molecule has 27 heavy (non-hydrogen) atoms. The predicted molar refractivity (Wildman–Crippen MR) is 112 cm³/mol. The molecule has 0 aliphatic carbocycles. The molecule has 1 N–H and O–H groups in total. The molecular weight excluding hydrogens is 357 g/mol. The first-order valence-corrected chi connectivity index (χ1v) is 9.50. The zero-order valence-electron chi connectivity index (χ0n) is 15.4. The van der Waals surface area contributed by atoms with Gasteiger partial charge in [-0.3, -0.25) is 0 Å². The molecule has 5 heteroatoms. The van der Waals surface area contributed by atoms with E-state index in [4.69, 9.17) is 12.2 Å². The average Bonchev–Trinajstić information content (AvgIpc) is 3.12. The second-order valence-electron chi connectivity index (χ2n) is 6.99. The van der Waals surface area contributed by atoms with Gasteiger partial charge in [-0.2, -0.15) is 0 Å². The molecule has 1 aliphatic heterocycles. The first-order chi connectivity index (χ1) is 13.0. The van der Waals surface area contributed by atoms with E-state index in [-0.39, 0.29) is 11.9 Å². The molecule has 138 valence electrons.